The Bertz CT molecular complexity index is 896. The van der Waals surface area contributed by atoms with Crippen molar-refractivity contribution >= 4 is 31.3 Å². The number of sulfonamides is 1. The highest BCUT2D eigenvalue weighted by atomic mass is 32.2. The number of rotatable bonds is 3. The maximum atomic E-state index is 11.9. The lowest BCUT2D eigenvalue weighted by Crippen LogP contribution is -2.29. The van der Waals surface area contributed by atoms with Gasteiger partial charge in [0.1, 0.15) is 0 Å². The van der Waals surface area contributed by atoms with Crippen molar-refractivity contribution in [2.24, 2.45) is 0 Å². The Kier molecular flexibility index (Phi) is 3.30. The van der Waals surface area contributed by atoms with E-state index in [1.165, 1.54) is 16.7 Å². The largest absolute Gasteiger partial charge is 0.290 e. The van der Waals surface area contributed by atoms with Crippen molar-refractivity contribution in [3.8, 4) is 0 Å². The number of hydrogen-bond acceptors (Lipinski definition) is 6. The molecule has 0 aliphatic carbocycles. The number of hydrogen-bond donors (Lipinski definition) is 1. The van der Waals surface area contributed by atoms with E-state index in [4.69, 9.17) is 0 Å². The van der Waals surface area contributed by atoms with Gasteiger partial charge >= 0.3 is 0 Å². The summed E-state index contributed by atoms with van der Waals surface area (Å²) < 4.78 is 48.4. The number of amides is 1. The molecule has 0 aliphatic rings. The Morgan fingerprint density at radius 2 is 1.85 bits per heavy atom. The van der Waals surface area contributed by atoms with E-state index in [1.807, 2.05) is 0 Å². The molecule has 1 amide bonds. The minimum absolute atomic E-state index is 0.203. The lowest BCUT2D eigenvalue weighted by molar-refractivity contribution is 0.0978. The minimum atomic E-state index is -3.76. The zero-order valence-electron chi connectivity index (χ0n) is 10.6. The maximum absolute atomic E-state index is 11.9. The summed E-state index contributed by atoms with van der Waals surface area (Å²) in [5.41, 5.74) is -0.0643. The van der Waals surface area contributed by atoms with Gasteiger partial charge in [0.15, 0.2) is 5.69 Å². The fourth-order valence-electron chi connectivity index (χ4n) is 1.66. The highest BCUT2D eigenvalue weighted by molar-refractivity contribution is 7.90. The van der Waals surface area contributed by atoms with Crippen LogP contribution in [0.1, 0.15) is 10.5 Å². The van der Waals surface area contributed by atoms with Gasteiger partial charge in [-0.25, -0.2) is 26.5 Å². The molecule has 8 nitrogen and oxygen atoms in total. The summed E-state index contributed by atoms with van der Waals surface area (Å²) in [5.74, 6) is -0.980. The van der Waals surface area contributed by atoms with E-state index in [0.29, 0.717) is 0 Å². The number of sulfone groups is 1. The van der Waals surface area contributed by atoms with Crippen LogP contribution in [0.4, 0.5) is 0 Å². The Morgan fingerprint density at radius 3 is 2.40 bits per heavy atom. The molecular weight excluding hydrogens is 306 g/mol. The maximum Gasteiger partial charge on any atom is 0.285 e. The Labute approximate surface area is 115 Å². The second-order valence-corrected chi connectivity index (χ2v) is 7.83. The first kappa shape index (κ1) is 14.5. The molecule has 0 saturated heterocycles. The third-order valence-electron chi connectivity index (χ3n) is 2.34. The third-order valence-corrected chi connectivity index (χ3v) is 3.85. The molecule has 108 valence electrons. The Balaban J connectivity index is 2.70. The number of imidazole rings is 1. The number of aromatic nitrogens is 2. The van der Waals surface area contributed by atoms with Gasteiger partial charge in [-0.05, 0) is 12.1 Å². The first-order valence-electron chi connectivity index (χ1n) is 5.29. The van der Waals surface area contributed by atoms with Gasteiger partial charge in [0.2, 0.25) is 25.0 Å². The molecule has 0 radical (unpaired) electrons. The topological polar surface area (TPSA) is 115 Å². The van der Waals surface area contributed by atoms with Crippen LogP contribution in [0.2, 0.25) is 0 Å². The normalized spacial score (nSPS) is 12.5. The standard InChI is InChI=1S/C10H11N3O5S2/c1-19(15,16)10-11-8(9(14)12-20(2,17)18)7-5-3-4-6-13(7)10/h3-6H,1-2H3,(H,12,14). The number of pyridine rings is 1. The quantitative estimate of drug-likeness (QED) is 0.810. The monoisotopic (exact) mass is 317 g/mol. The van der Waals surface area contributed by atoms with Gasteiger partial charge < -0.3 is 0 Å². The van der Waals surface area contributed by atoms with E-state index in [1.54, 1.807) is 16.9 Å². The second-order valence-electron chi connectivity index (χ2n) is 4.17. The minimum Gasteiger partial charge on any atom is -0.290 e. The van der Waals surface area contributed by atoms with Crippen LogP contribution < -0.4 is 4.72 Å². The summed E-state index contributed by atoms with van der Waals surface area (Å²) in [5, 5.41) is -0.327. The van der Waals surface area contributed by atoms with Gasteiger partial charge in [0.05, 0.1) is 11.8 Å². The molecule has 2 aromatic rings. The summed E-state index contributed by atoms with van der Waals surface area (Å²) in [6.07, 6.45) is 3.20. The van der Waals surface area contributed by atoms with Crippen molar-refractivity contribution in [2.45, 2.75) is 5.16 Å². The van der Waals surface area contributed by atoms with Gasteiger partial charge in [0, 0.05) is 12.5 Å². The Hall–Kier alpha value is -1.94. The Morgan fingerprint density at radius 1 is 1.20 bits per heavy atom. The highest BCUT2D eigenvalue weighted by Gasteiger charge is 2.23. The molecule has 0 bridgehead atoms. The number of nitrogens with one attached hydrogen (secondary N) is 1. The van der Waals surface area contributed by atoms with Gasteiger partial charge in [-0.3, -0.25) is 9.20 Å². The van der Waals surface area contributed by atoms with E-state index >= 15 is 0 Å². The van der Waals surface area contributed by atoms with Crippen LogP contribution in [0.5, 0.6) is 0 Å². The van der Waals surface area contributed by atoms with Gasteiger partial charge in [0.25, 0.3) is 5.91 Å². The first-order valence-corrected chi connectivity index (χ1v) is 9.07. The molecule has 0 fully saturated rings. The zero-order valence-corrected chi connectivity index (χ0v) is 12.2. The van der Waals surface area contributed by atoms with Crippen LogP contribution in [0, 0.1) is 0 Å². The molecule has 2 aromatic heterocycles. The van der Waals surface area contributed by atoms with E-state index < -0.39 is 25.8 Å². The molecule has 0 saturated carbocycles. The molecule has 1 N–H and O–H groups in total. The number of carbonyl (C=O) groups excluding carboxylic acids is 1. The molecule has 2 heterocycles. The smallest absolute Gasteiger partial charge is 0.285 e. The summed E-state index contributed by atoms with van der Waals surface area (Å²) in [4.78, 5) is 15.6. The first-order chi connectivity index (χ1) is 9.09. The van der Waals surface area contributed by atoms with Crippen LogP contribution in [0.3, 0.4) is 0 Å². The molecule has 10 heteroatoms. The second kappa shape index (κ2) is 4.56. The molecule has 0 atom stereocenters. The van der Waals surface area contributed by atoms with Crippen molar-refractivity contribution in [2.75, 3.05) is 12.5 Å². The van der Waals surface area contributed by atoms with Gasteiger partial charge in [-0.15, -0.1) is 0 Å². The van der Waals surface area contributed by atoms with Crippen LogP contribution >= 0.6 is 0 Å². The summed E-state index contributed by atoms with van der Waals surface area (Å²) in [7, 11) is -7.43. The van der Waals surface area contributed by atoms with E-state index in [2.05, 4.69) is 4.98 Å². The third kappa shape index (κ3) is 2.80. The average Bonchev–Trinajstić information content (AvgIpc) is 2.65. The van der Waals surface area contributed by atoms with Crippen molar-refractivity contribution in [1.29, 1.82) is 0 Å². The molecule has 2 rings (SSSR count). The van der Waals surface area contributed by atoms with Crippen molar-refractivity contribution in [1.82, 2.24) is 14.1 Å². The number of nitrogens with zero attached hydrogens (tertiary/aromatic N) is 2. The van der Waals surface area contributed by atoms with E-state index in [0.717, 1.165) is 12.5 Å². The summed E-state index contributed by atoms with van der Waals surface area (Å²) >= 11 is 0. The number of carbonyl (C=O) groups is 1. The van der Waals surface area contributed by atoms with Crippen LogP contribution in [-0.2, 0) is 19.9 Å². The molecule has 0 unspecified atom stereocenters. The van der Waals surface area contributed by atoms with Gasteiger partial charge in [-0.2, -0.15) is 0 Å². The average molecular weight is 317 g/mol. The molecule has 0 aliphatic heterocycles. The van der Waals surface area contributed by atoms with Crippen LogP contribution in [0.25, 0.3) is 5.52 Å². The lowest BCUT2D eigenvalue weighted by Gasteiger charge is -1.99. The molecule has 20 heavy (non-hydrogen) atoms. The fourth-order valence-corrected chi connectivity index (χ4v) is 2.86. The van der Waals surface area contributed by atoms with Crippen molar-refractivity contribution < 1.29 is 21.6 Å². The SMILES string of the molecule is CS(=O)(=O)NC(=O)c1nc(S(C)(=O)=O)n2ccccc12. The molecular formula is C10H11N3O5S2. The lowest BCUT2D eigenvalue weighted by atomic mass is 10.3. The predicted molar refractivity (Wildman–Crippen MR) is 70.6 cm³/mol. The van der Waals surface area contributed by atoms with E-state index in [-0.39, 0.29) is 16.4 Å². The highest BCUT2D eigenvalue weighted by Crippen LogP contribution is 2.16. The fraction of sp³-hybridized carbons (Fsp3) is 0.200. The van der Waals surface area contributed by atoms with Crippen LogP contribution in [0.15, 0.2) is 29.6 Å². The molecule has 0 spiro atoms. The summed E-state index contributed by atoms with van der Waals surface area (Å²) in [6.45, 7) is 0. The number of fused-ring (bicyclic) bond motifs is 1. The zero-order chi connectivity index (χ0) is 15.1. The molecule has 0 aromatic carbocycles. The van der Waals surface area contributed by atoms with Crippen molar-refractivity contribution in [3.05, 3.63) is 30.1 Å². The van der Waals surface area contributed by atoms with E-state index in [9.17, 15) is 21.6 Å². The van der Waals surface area contributed by atoms with Crippen molar-refractivity contribution in [3.63, 3.8) is 0 Å². The van der Waals surface area contributed by atoms with Crippen LogP contribution in [-0.4, -0.2) is 44.6 Å². The predicted octanol–water partition coefficient (Wildman–Crippen LogP) is -0.573. The van der Waals surface area contributed by atoms with Gasteiger partial charge in [-0.1, -0.05) is 6.07 Å². The summed E-state index contributed by atoms with van der Waals surface area (Å²) in [6, 6.07) is 4.63.